The van der Waals surface area contributed by atoms with Gasteiger partial charge < -0.3 is 9.72 Å². The SMILES string of the molecule is COc1ccc(-c2cc3nc[nH]c3cn2)cc1C(F)(F)F. The van der Waals surface area contributed by atoms with E-state index in [9.17, 15) is 13.2 Å². The molecule has 3 aromatic rings. The normalized spacial score (nSPS) is 11.8. The lowest BCUT2D eigenvalue weighted by Crippen LogP contribution is -2.07. The number of hydrogen-bond donors (Lipinski definition) is 1. The van der Waals surface area contributed by atoms with Gasteiger partial charge >= 0.3 is 6.18 Å². The fourth-order valence-corrected chi connectivity index (χ4v) is 2.08. The Hall–Kier alpha value is -2.57. The number of fused-ring (bicyclic) bond motifs is 1. The van der Waals surface area contributed by atoms with Crippen LogP contribution in [0, 0.1) is 0 Å². The molecule has 4 nitrogen and oxygen atoms in total. The second-order valence-electron chi connectivity index (χ2n) is 4.40. The fraction of sp³-hybridized carbons (Fsp3) is 0.143. The summed E-state index contributed by atoms with van der Waals surface area (Å²) in [7, 11) is 1.21. The van der Waals surface area contributed by atoms with Crippen molar-refractivity contribution in [3.8, 4) is 17.0 Å². The Bertz CT molecular complexity index is 796. The van der Waals surface area contributed by atoms with Gasteiger partial charge in [-0.2, -0.15) is 13.2 Å². The second-order valence-corrected chi connectivity index (χ2v) is 4.40. The van der Waals surface area contributed by atoms with Crippen molar-refractivity contribution < 1.29 is 17.9 Å². The van der Waals surface area contributed by atoms with E-state index < -0.39 is 11.7 Å². The molecule has 0 radical (unpaired) electrons. The minimum atomic E-state index is -4.49. The number of halogens is 3. The summed E-state index contributed by atoms with van der Waals surface area (Å²) in [5, 5.41) is 0. The first kappa shape index (κ1) is 13.4. The molecule has 0 aliphatic heterocycles. The van der Waals surface area contributed by atoms with Crippen LogP contribution >= 0.6 is 0 Å². The largest absolute Gasteiger partial charge is 0.496 e. The first-order chi connectivity index (χ1) is 9.99. The van der Waals surface area contributed by atoms with E-state index in [1.54, 1.807) is 6.07 Å². The number of ether oxygens (including phenoxy) is 1. The van der Waals surface area contributed by atoms with E-state index in [4.69, 9.17) is 4.74 Å². The topological polar surface area (TPSA) is 50.8 Å². The number of alkyl halides is 3. The smallest absolute Gasteiger partial charge is 0.419 e. The summed E-state index contributed by atoms with van der Waals surface area (Å²) in [6.07, 6.45) is -1.45. The molecule has 0 unspecified atom stereocenters. The van der Waals surface area contributed by atoms with E-state index in [2.05, 4.69) is 15.0 Å². The number of methoxy groups -OCH3 is 1. The third kappa shape index (κ3) is 2.42. The van der Waals surface area contributed by atoms with Crippen molar-refractivity contribution in [3.05, 3.63) is 42.4 Å². The van der Waals surface area contributed by atoms with Crippen LogP contribution in [0.5, 0.6) is 5.75 Å². The molecule has 2 aromatic heterocycles. The van der Waals surface area contributed by atoms with Gasteiger partial charge in [0.2, 0.25) is 0 Å². The molecule has 3 rings (SSSR count). The molecule has 1 aromatic carbocycles. The lowest BCUT2D eigenvalue weighted by molar-refractivity contribution is -0.138. The van der Waals surface area contributed by atoms with E-state index in [-0.39, 0.29) is 5.75 Å². The van der Waals surface area contributed by atoms with Gasteiger partial charge in [0.15, 0.2) is 0 Å². The van der Waals surface area contributed by atoms with E-state index >= 15 is 0 Å². The summed E-state index contributed by atoms with van der Waals surface area (Å²) in [6.45, 7) is 0. The average Bonchev–Trinajstić information content (AvgIpc) is 2.93. The van der Waals surface area contributed by atoms with Gasteiger partial charge in [0.1, 0.15) is 5.75 Å². The summed E-state index contributed by atoms with van der Waals surface area (Å²) in [5.74, 6) is -0.216. The predicted octanol–water partition coefficient (Wildman–Crippen LogP) is 3.65. The Morgan fingerprint density at radius 1 is 1.14 bits per heavy atom. The summed E-state index contributed by atoms with van der Waals surface area (Å²) in [5.41, 5.74) is 1.31. The Morgan fingerprint density at radius 3 is 2.67 bits per heavy atom. The first-order valence-corrected chi connectivity index (χ1v) is 6.04. The number of nitrogens with zero attached hydrogens (tertiary/aromatic N) is 2. The van der Waals surface area contributed by atoms with E-state index in [1.807, 2.05) is 0 Å². The molecule has 0 saturated carbocycles. The number of rotatable bonds is 2. The number of nitrogens with one attached hydrogen (secondary N) is 1. The predicted molar refractivity (Wildman–Crippen MR) is 70.9 cm³/mol. The van der Waals surface area contributed by atoms with Crippen molar-refractivity contribution in [1.29, 1.82) is 0 Å². The number of aromatic nitrogens is 3. The summed E-state index contributed by atoms with van der Waals surface area (Å²) in [6, 6.07) is 5.48. The lowest BCUT2D eigenvalue weighted by atomic mass is 10.1. The van der Waals surface area contributed by atoms with Crippen molar-refractivity contribution in [2.45, 2.75) is 6.18 Å². The highest BCUT2D eigenvalue weighted by Crippen LogP contribution is 2.38. The van der Waals surface area contributed by atoms with Crippen LogP contribution in [0.3, 0.4) is 0 Å². The molecule has 0 saturated heterocycles. The Labute approximate surface area is 117 Å². The average molecular weight is 293 g/mol. The molecule has 0 spiro atoms. The third-order valence-electron chi connectivity index (χ3n) is 3.11. The van der Waals surface area contributed by atoms with Crippen molar-refractivity contribution in [2.75, 3.05) is 7.11 Å². The van der Waals surface area contributed by atoms with Crippen LogP contribution in [0.25, 0.3) is 22.3 Å². The number of hydrogen-bond acceptors (Lipinski definition) is 3. The molecule has 0 amide bonds. The van der Waals surface area contributed by atoms with Crippen LogP contribution in [0.4, 0.5) is 13.2 Å². The fourth-order valence-electron chi connectivity index (χ4n) is 2.08. The van der Waals surface area contributed by atoms with E-state index in [1.165, 1.54) is 31.8 Å². The van der Waals surface area contributed by atoms with E-state index in [0.717, 1.165) is 11.6 Å². The molecule has 0 fully saturated rings. The molecule has 0 bridgehead atoms. The van der Waals surface area contributed by atoms with Gasteiger partial charge in [-0.05, 0) is 24.3 Å². The van der Waals surface area contributed by atoms with Gasteiger partial charge in [0.05, 0.1) is 41.9 Å². The lowest BCUT2D eigenvalue weighted by Gasteiger charge is -2.13. The molecule has 7 heteroatoms. The quantitative estimate of drug-likeness (QED) is 0.784. The van der Waals surface area contributed by atoms with Gasteiger partial charge in [0.25, 0.3) is 0 Å². The molecule has 108 valence electrons. The maximum atomic E-state index is 13.0. The monoisotopic (exact) mass is 293 g/mol. The molecular weight excluding hydrogens is 283 g/mol. The van der Waals surface area contributed by atoms with Crippen LogP contribution in [-0.2, 0) is 6.18 Å². The molecule has 0 aliphatic carbocycles. The highest BCUT2D eigenvalue weighted by molar-refractivity contribution is 5.78. The highest BCUT2D eigenvalue weighted by Gasteiger charge is 2.34. The standard InChI is InChI=1S/C14H10F3N3O/c1-21-13-3-2-8(4-9(13)14(15,16)17)10-5-11-12(6-18-10)20-7-19-11/h2-7H,1H3,(H,19,20). The summed E-state index contributed by atoms with van der Waals surface area (Å²) in [4.78, 5) is 11.1. The zero-order valence-electron chi connectivity index (χ0n) is 10.9. The Kier molecular flexibility index (Phi) is 3.04. The molecule has 21 heavy (non-hydrogen) atoms. The zero-order valence-corrected chi connectivity index (χ0v) is 10.9. The number of aromatic amines is 1. The summed E-state index contributed by atoms with van der Waals surface area (Å²) < 4.78 is 43.8. The van der Waals surface area contributed by atoms with Crippen LogP contribution in [0.1, 0.15) is 5.56 Å². The van der Waals surface area contributed by atoms with Crippen LogP contribution in [0.15, 0.2) is 36.8 Å². The van der Waals surface area contributed by atoms with Crippen molar-refractivity contribution in [2.24, 2.45) is 0 Å². The maximum Gasteiger partial charge on any atom is 0.419 e. The van der Waals surface area contributed by atoms with Gasteiger partial charge in [-0.1, -0.05) is 0 Å². The molecule has 1 N–H and O–H groups in total. The van der Waals surface area contributed by atoms with Gasteiger partial charge in [-0.15, -0.1) is 0 Å². The van der Waals surface area contributed by atoms with Crippen molar-refractivity contribution in [3.63, 3.8) is 0 Å². The number of H-pyrrole nitrogens is 1. The van der Waals surface area contributed by atoms with Gasteiger partial charge in [-0.3, -0.25) is 4.98 Å². The first-order valence-electron chi connectivity index (χ1n) is 6.04. The number of benzene rings is 1. The molecular formula is C14H10F3N3O. The Balaban J connectivity index is 2.13. The summed E-state index contributed by atoms with van der Waals surface area (Å²) >= 11 is 0. The zero-order chi connectivity index (χ0) is 15.0. The van der Waals surface area contributed by atoms with Gasteiger partial charge in [-0.25, -0.2) is 4.98 Å². The Morgan fingerprint density at radius 2 is 1.95 bits per heavy atom. The molecule has 2 heterocycles. The third-order valence-corrected chi connectivity index (χ3v) is 3.11. The number of imidazole rings is 1. The molecule has 0 atom stereocenters. The van der Waals surface area contributed by atoms with E-state index in [0.29, 0.717) is 16.8 Å². The van der Waals surface area contributed by atoms with Gasteiger partial charge in [0, 0.05) is 5.56 Å². The van der Waals surface area contributed by atoms with Crippen molar-refractivity contribution >= 4 is 11.0 Å². The van der Waals surface area contributed by atoms with Crippen LogP contribution < -0.4 is 4.74 Å². The second kappa shape index (κ2) is 4.76. The highest BCUT2D eigenvalue weighted by atomic mass is 19.4. The van der Waals surface area contributed by atoms with Crippen LogP contribution in [0.2, 0.25) is 0 Å². The maximum absolute atomic E-state index is 13.0. The minimum absolute atomic E-state index is 0.216. The minimum Gasteiger partial charge on any atom is -0.496 e. The molecule has 0 aliphatic rings. The number of pyridine rings is 1. The van der Waals surface area contributed by atoms with Crippen molar-refractivity contribution in [1.82, 2.24) is 15.0 Å². The van der Waals surface area contributed by atoms with Crippen LogP contribution in [-0.4, -0.2) is 22.1 Å².